The van der Waals surface area contributed by atoms with E-state index in [2.05, 4.69) is 16.6 Å². The Hall–Kier alpha value is -3.32. The van der Waals surface area contributed by atoms with Gasteiger partial charge in [-0.3, -0.25) is 14.2 Å². The van der Waals surface area contributed by atoms with E-state index in [9.17, 15) is 4.79 Å². The van der Waals surface area contributed by atoms with E-state index in [4.69, 9.17) is 21.1 Å². The second-order valence-electron chi connectivity index (χ2n) is 7.89. The molecule has 8 heteroatoms. The third-order valence-corrected chi connectivity index (χ3v) is 5.84. The number of aromatic nitrogens is 4. The first-order valence-electron chi connectivity index (χ1n) is 10.2. The molecule has 0 bridgehead atoms. The topological polar surface area (TPSA) is 77.9 Å². The molecule has 0 unspecified atom stereocenters. The van der Waals surface area contributed by atoms with Gasteiger partial charge in [-0.15, -0.1) is 0 Å². The summed E-state index contributed by atoms with van der Waals surface area (Å²) >= 11 is 5.99. The van der Waals surface area contributed by atoms with Gasteiger partial charge in [-0.25, -0.2) is 0 Å². The highest BCUT2D eigenvalue weighted by atomic mass is 35.5. The first kappa shape index (κ1) is 19.6. The lowest BCUT2D eigenvalue weighted by molar-refractivity contribution is 0.0920. The van der Waals surface area contributed by atoms with Crippen LogP contribution in [0.5, 0.6) is 0 Å². The minimum Gasteiger partial charge on any atom is -0.455 e. The van der Waals surface area contributed by atoms with E-state index < -0.39 is 0 Å². The first-order chi connectivity index (χ1) is 15.0. The zero-order chi connectivity index (χ0) is 21.5. The Morgan fingerprint density at radius 3 is 2.74 bits per heavy atom. The summed E-state index contributed by atoms with van der Waals surface area (Å²) in [7, 11) is 1.85. The van der Waals surface area contributed by atoms with E-state index in [0.717, 1.165) is 51.6 Å². The molecule has 0 saturated carbocycles. The Balaban J connectivity index is 1.39. The molecule has 0 fully saturated rings. The first-order valence-corrected chi connectivity index (χ1v) is 10.5. The molecule has 3 aromatic heterocycles. The SMILES string of the molecule is Cc1c(C(=O)NCc2cnn(C)c2)oc2c1-c1nn(Cc3ccc(Cl)cc3)cc1CC2. The maximum Gasteiger partial charge on any atom is 0.287 e. The fourth-order valence-corrected chi connectivity index (χ4v) is 4.19. The number of hydrogen-bond donors (Lipinski definition) is 1. The van der Waals surface area contributed by atoms with Crippen LogP contribution in [0.25, 0.3) is 11.3 Å². The zero-order valence-corrected chi connectivity index (χ0v) is 18.1. The standard InChI is InChI=1S/C23H22ClN5O2/c1-14-20-19(31-22(14)23(30)25-9-16-10-26-28(2)11-16)8-5-17-13-29(27-21(17)20)12-15-3-6-18(24)7-4-15/h3-4,6-7,10-11,13H,5,8-9,12H2,1-2H3,(H,25,30). The van der Waals surface area contributed by atoms with Crippen LogP contribution in [0.15, 0.2) is 47.3 Å². The number of carbonyl (C=O) groups is 1. The van der Waals surface area contributed by atoms with Gasteiger partial charge >= 0.3 is 0 Å². The summed E-state index contributed by atoms with van der Waals surface area (Å²) in [5.74, 6) is 0.958. The molecule has 0 atom stereocenters. The van der Waals surface area contributed by atoms with Crippen molar-refractivity contribution in [2.75, 3.05) is 0 Å². The number of nitrogens with one attached hydrogen (secondary N) is 1. The monoisotopic (exact) mass is 435 g/mol. The molecule has 158 valence electrons. The number of rotatable bonds is 5. The summed E-state index contributed by atoms with van der Waals surface area (Å²) in [5, 5.41) is 12.6. The third-order valence-electron chi connectivity index (χ3n) is 5.59. The van der Waals surface area contributed by atoms with Crippen LogP contribution < -0.4 is 5.32 Å². The second kappa shape index (κ2) is 7.74. The average molecular weight is 436 g/mol. The van der Waals surface area contributed by atoms with Crippen molar-refractivity contribution in [3.05, 3.63) is 81.7 Å². The molecule has 1 amide bonds. The van der Waals surface area contributed by atoms with Crippen molar-refractivity contribution >= 4 is 17.5 Å². The van der Waals surface area contributed by atoms with Crippen molar-refractivity contribution in [2.45, 2.75) is 32.9 Å². The highest BCUT2D eigenvalue weighted by Gasteiger charge is 2.29. The summed E-state index contributed by atoms with van der Waals surface area (Å²) in [6.45, 7) is 2.99. The van der Waals surface area contributed by atoms with Crippen molar-refractivity contribution in [3.8, 4) is 11.3 Å². The molecule has 0 saturated heterocycles. The van der Waals surface area contributed by atoms with Gasteiger partial charge in [0.2, 0.25) is 0 Å². The van der Waals surface area contributed by atoms with E-state index >= 15 is 0 Å². The predicted molar refractivity (Wildman–Crippen MR) is 117 cm³/mol. The fraction of sp³-hybridized carbons (Fsp3) is 0.261. The number of nitrogens with zero attached hydrogens (tertiary/aromatic N) is 4. The summed E-state index contributed by atoms with van der Waals surface area (Å²) in [6.07, 6.45) is 7.29. The van der Waals surface area contributed by atoms with Crippen LogP contribution in [0, 0.1) is 6.92 Å². The molecule has 7 nitrogen and oxygen atoms in total. The van der Waals surface area contributed by atoms with Crippen molar-refractivity contribution in [1.29, 1.82) is 0 Å². The molecule has 1 aliphatic rings. The third kappa shape index (κ3) is 3.77. The number of furan rings is 1. The van der Waals surface area contributed by atoms with Gasteiger partial charge in [0.15, 0.2) is 5.76 Å². The lowest BCUT2D eigenvalue weighted by atomic mass is 9.93. The number of aryl methyl sites for hydroxylation is 3. The van der Waals surface area contributed by atoms with E-state index in [-0.39, 0.29) is 5.91 Å². The van der Waals surface area contributed by atoms with Gasteiger partial charge in [0, 0.05) is 54.1 Å². The van der Waals surface area contributed by atoms with Gasteiger partial charge in [0.05, 0.1) is 18.4 Å². The molecular weight excluding hydrogens is 414 g/mol. The number of amides is 1. The van der Waals surface area contributed by atoms with Crippen LogP contribution in [0.1, 0.15) is 38.6 Å². The lowest BCUT2D eigenvalue weighted by Crippen LogP contribution is -2.22. The quantitative estimate of drug-likeness (QED) is 0.515. The van der Waals surface area contributed by atoms with Gasteiger partial charge in [0.25, 0.3) is 5.91 Å². The number of carbonyl (C=O) groups excluding carboxylic acids is 1. The van der Waals surface area contributed by atoms with Gasteiger partial charge in [-0.05, 0) is 36.6 Å². The molecule has 1 aromatic carbocycles. The molecule has 3 heterocycles. The van der Waals surface area contributed by atoms with Crippen molar-refractivity contribution in [2.24, 2.45) is 7.05 Å². The van der Waals surface area contributed by atoms with Crippen LogP contribution in [0.3, 0.4) is 0 Å². The van der Waals surface area contributed by atoms with Crippen LogP contribution in [-0.4, -0.2) is 25.5 Å². The highest BCUT2D eigenvalue weighted by molar-refractivity contribution is 6.30. The van der Waals surface area contributed by atoms with Gasteiger partial charge in [-0.1, -0.05) is 23.7 Å². The Morgan fingerprint density at radius 2 is 2.00 bits per heavy atom. The van der Waals surface area contributed by atoms with Crippen molar-refractivity contribution in [1.82, 2.24) is 24.9 Å². The number of benzene rings is 1. The van der Waals surface area contributed by atoms with E-state index in [0.29, 0.717) is 18.8 Å². The van der Waals surface area contributed by atoms with Crippen LogP contribution in [-0.2, 0) is 33.0 Å². The van der Waals surface area contributed by atoms with Gasteiger partial charge < -0.3 is 9.73 Å². The Morgan fingerprint density at radius 1 is 1.19 bits per heavy atom. The summed E-state index contributed by atoms with van der Waals surface area (Å²) in [5.41, 5.74) is 5.92. The fourth-order valence-electron chi connectivity index (χ4n) is 4.06. The number of halogens is 1. The maximum absolute atomic E-state index is 12.8. The van der Waals surface area contributed by atoms with E-state index in [1.54, 1.807) is 10.9 Å². The van der Waals surface area contributed by atoms with Crippen molar-refractivity contribution < 1.29 is 9.21 Å². The van der Waals surface area contributed by atoms with E-state index in [1.165, 1.54) is 5.56 Å². The molecule has 31 heavy (non-hydrogen) atoms. The van der Waals surface area contributed by atoms with Crippen molar-refractivity contribution in [3.63, 3.8) is 0 Å². The molecule has 1 N–H and O–H groups in total. The smallest absolute Gasteiger partial charge is 0.287 e. The van der Waals surface area contributed by atoms with Crippen LogP contribution in [0.4, 0.5) is 0 Å². The van der Waals surface area contributed by atoms with Crippen LogP contribution in [0.2, 0.25) is 5.02 Å². The van der Waals surface area contributed by atoms with Crippen LogP contribution >= 0.6 is 11.6 Å². The Bertz CT molecular complexity index is 1270. The summed E-state index contributed by atoms with van der Waals surface area (Å²) in [6, 6.07) is 7.77. The highest BCUT2D eigenvalue weighted by Crippen LogP contribution is 2.38. The van der Waals surface area contributed by atoms with Gasteiger partial charge in [-0.2, -0.15) is 10.2 Å². The molecule has 1 aliphatic carbocycles. The molecule has 0 aliphatic heterocycles. The number of hydrogen-bond acceptors (Lipinski definition) is 4. The summed E-state index contributed by atoms with van der Waals surface area (Å²) in [4.78, 5) is 12.8. The molecule has 4 aromatic rings. The predicted octanol–water partition coefficient (Wildman–Crippen LogP) is 3.92. The molecule has 0 radical (unpaired) electrons. The molecular formula is C23H22ClN5O2. The zero-order valence-electron chi connectivity index (χ0n) is 17.4. The lowest BCUT2D eigenvalue weighted by Gasteiger charge is -2.09. The normalized spacial score (nSPS) is 12.5. The second-order valence-corrected chi connectivity index (χ2v) is 8.32. The number of fused-ring (bicyclic) bond motifs is 3. The molecule has 5 rings (SSSR count). The molecule has 0 spiro atoms. The van der Waals surface area contributed by atoms with E-state index in [1.807, 2.05) is 49.1 Å². The Kier molecular flexibility index (Phi) is 4.90. The minimum absolute atomic E-state index is 0.224. The maximum atomic E-state index is 12.8. The van der Waals surface area contributed by atoms with Gasteiger partial charge in [0.1, 0.15) is 5.76 Å². The minimum atomic E-state index is -0.224. The largest absolute Gasteiger partial charge is 0.455 e. The average Bonchev–Trinajstić information content (AvgIpc) is 3.44. The Labute approximate surface area is 184 Å². The summed E-state index contributed by atoms with van der Waals surface area (Å²) < 4.78 is 9.64.